The van der Waals surface area contributed by atoms with Crippen LogP contribution in [0.3, 0.4) is 0 Å². The lowest BCUT2D eigenvalue weighted by Crippen LogP contribution is -2.11. The Bertz CT molecular complexity index is 1020. The third-order valence-corrected chi connectivity index (χ3v) is 6.51. The van der Waals surface area contributed by atoms with Crippen LogP contribution in [0, 0.1) is 0 Å². The summed E-state index contributed by atoms with van der Waals surface area (Å²) in [6, 6.07) is 3.28. The van der Waals surface area contributed by atoms with Crippen LogP contribution in [-0.4, -0.2) is 23.5 Å². The van der Waals surface area contributed by atoms with Gasteiger partial charge < -0.3 is 0 Å². The highest BCUT2D eigenvalue weighted by Crippen LogP contribution is 2.40. The second-order valence-electron chi connectivity index (χ2n) is 5.73. The molecule has 3 aromatic rings. The van der Waals surface area contributed by atoms with Gasteiger partial charge in [0.2, 0.25) is 0 Å². The summed E-state index contributed by atoms with van der Waals surface area (Å²) in [6.45, 7) is 0. The van der Waals surface area contributed by atoms with E-state index >= 15 is 0 Å². The first-order valence-electron chi connectivity index (χ1n) is 7.82. The Morgan fingerprint density at radius 3 is 2.03 bits per heavy atom. The molecule has 3 rings (SSSR count). The lowest BCUT2D eigenvalue weighted by Gasteiger charge is -2.13. The summed E-state index contributed by atoms with van der Waals surface area (Å²) in [7, 11) is 1.54. The Labute approximate surface area is 173 Å². The van der Waals surface area contributed by atoms with Crippen LogP contribution < -0.4 is 0 Å². The molecule has 0 fully saturated rings. The topological polar surface area (TPSA) is 24.2 Å². The Kier molecular flexibility index (Phi) is 6.11. The molecule has 0 atom stereocenters. The highest BCUT2D eigenvalue weighted by molar-refractivity contribution is 8.13. The Morgan fingerprint density at radius 2 is 1.52 bits per heavy atom. The monoisotopic (exact) mass is 468 g/mol. The highest BCUT2D eigenvalue weighted by atomic mass is 32.2. The van der Waals surface area contributed by atoms with Crippen LogP contribution in [0.2, 0.25) is 0 Å². The number of thiazole rings is 1. The number of thioether (sulfide) groups is 1. The maximum Gasteiger partial charge on any atom is 0.416 e. The van der Waals surface area contributed by atoms with Crippen molar-refractivity contribution < 1.29 is 30.8 Å². The number of thiophene rings is 1. The molecular formula is C18H12F6NOS3+. The number of benzene rings is 1. The molecule has 154 valence electrons. The minimum absolute atomic E-state index is 0.0511. The van der Waals surface area contributed by atoms with E-state index in [9.17, 15) is 26.3 Å². The van der Waals surface area contributed by atoms with Gasteiger partial charge in [-0.1, -0.05) is 0 Å². The van der Waals surface area contributed by atoms with E-state index in [0.29, 0.717) is 27.8 Å². The zero-order valence-corrected chi connectivity index (χ0v) is 17.3. The summed E-state index contributed by atoms with van der Waals surface area (Å²) in [5.74, 6) is 0. The van der Waals surface area contributed by atoms with E-state index in [1.165, 1.54) is 28.5 Å². The van der Waals surface area contributed by atoms with E-state index in [0.717, 1.165) is 16.2 Å². The summed E-state index contributed by atoms with van der Waals surface area (Å²) in [5.41, 5.74) is -2.20. The van der Waals surface area contributed by atoms with E-state index in [4.69, 9.17) is 4.42 Å². The van der Waals surface area contributed by atoms with Crippen LogP contribution >= 0.6 is 34.4 Å². The number of carbonyl (C=O) groups excluding carboxylic acids is 1. The van der Waals surface area contributed by atoms with Crippen molar-refractivity contribution in [3.63, 3.8) is 0 Å². The first kappa shape index (κ1) is 21.8. The fourth-order valence-electron chi connectivity index (χ4n) is 2.48. The third kappa shape index (κ3) is 4.84. The zero-order chi connectivity index (χ0) is 21.4. The lowest BCUT2D eigenvalue weighted by atomic mass is 10.0. The molecule has 0 unspecified atom stereocenters. The van der Waals surface area contributed by atoms with E-state index < -0.39 is 23.5 Å². The summed E-state index contributed by atoms with van der Waals surface area (Å²) in [6.07, 6.45) is -7.95. The molecule has 2 heterocycles. The molecule has 2 aromatic heterocycles. The molecule has 0 radical (unpaired) electrons. The molecule has 0 aliphatic heterocycles. The molecule has 0 aliphatic carbocycles. The van der Waals surface area contributed by atoms with Crippen molar-refractivity contribution in [1.82, 2.24) is 4.98 Å². The predicted molar refractivity (Wildman–Crippen MR) is 105 cm³/mol. The van der Waals surface area contributed by atoms with Crippen LogP contribution in [-0.2, 0) is 12.4 Å². The molecule has 29 heavy (non-hydrogen) atoms. The molecule has 0 amide bonds. The van der Waals surface area contributed by atoms with Crippen LogP contribution in [0.1, 0.15) is 20.4 Å². The minimum atomic E-state index is -4.90. The number of halogens is 6. The number of hydrogen-bond donors (Lipinski definition) is 0. The lowest BCUT2D eigenvalue weighted by molar-refractivity contribution is -0.219. The summed E-state index contributed by atoms with van der Waals surface area (Å²) in [4.78, 5) is 5.11. The first-order valence-corrected chi connectivity index (χ1v) is 10.8. The predicted octanol–water partition coefficient (Wildman–Crippen LogP) is 7.24. The van der Waals surface area contributed by atoms with Crippen molar-refractivity contribution in [3.05, 3.63) is 51.0 Å². The standard InChI is InChI=1S/C18H12F6NOS3/c1-26-16(27-2)14-5-10(7-28-14)15-25-13(8-29-15)9-3-11(17(19,20)21)6-12(4-9)18(22,23)24/h3-8H,1-2H3/q+1. The van der Waals surface area contributed by atoms with E-state index in [1.54, 1.807) is 12.5 Å². The fraction of sp³-hybridized carbons (Fsp3) is 0.222. The summed E-state index contributed by atoms with van der Waals surface area (Å²) < 4.78 is 83.7. The molecular weight excluding hydrogens is 456 g/mol. The molecule has 11 heteroatoms. The van der Waals surface area contributed by atoms with Crippen LogP contribution in [0.25, 0.3) is 21.8 Å². The maximum atomic E-state index is 13.1. The minimum Gasteiger partial charge on any atom is -0.250 e. The molecule has 0 aliphatic rings. The Hall–Kier alpha value is -1.85. The van der Waals surface area contributed by atoms with E-state index in [-0.39, 0.29) is 17.3 Å². The fourth-order valence-corrected chi connectivity index (χ4v) is 5.00. The number of rotatable bonds is 3. The van der Waals surface area contributed by atoms with Gasteiger partial charge in [-0.25, -0.2) is 9.41 Å². The summed E-state index contributed by atoms with van der Waals surface area (Å²) >= 11 is 3.96. The van der Waals surface area contributed by atoms with Gasteiger partial charge in [-0.2, -0.15) is 26.3 Å². The summed E-state index contributed by atoms with van der Waals surface area (Å²) in [5, 5.41) is 4.44. The van der Waals surface area contributed by atoms with Gasteiger partial charge in [-0.3, -0.25) is 0 Å². The highest BCUT2D eigenvalue weighted by Gasteiger charge is 2.37. The van der Waals surface area contributed by atoms with Crippen LogP contribution in [0.15, 0.2) is 35.0 Å². The van der Waals surface area contributed by atoms with E-state index in [2.05, 4.69) is 4.98 Å². The van der Waals surface area contributed by atoms with Crippen molar-refractivity contribution in [2.75, 3.05) is 13.4 Å². The quantitative estimate of drug-likeness (QED) is 0.299. The van der Waals surface area contributed by atoms with Crippen molar-refractivity contribution in [2.45, 2.75) is 12.4 Å². The molecule has 2 nitrogen and oxygen atoms in total. The Morgan fingerprint density at radius 1 is 0.897 bits per heavy atom. The van der Waals surface area contributed by atoms with Crippen LogP contribution in [0.5, 0.6) is 0 Å². The second kappa shape index (κ2) is 8.11. The van der Waals surface area contributed by atoms with Crippen molar-refractivity contribution in [2.24, 2.45) is 0 Å². The molecule has 0 N–H and O–H groups in total. The van der Waals surface area contributed by atoms with Crippen molar-refractivity contribution in [1.29, 1.82) is 0 Å². The second-order valence-corrected chi connectivity index (χ2v) is 8.28. The van der Waals surface area contributed by atoms with Crippen LogP contribution in [0.4, 0.5) is 26.3 Å². The average Bonchev–Trinajstić information content (AvgIpc) is 3.30. The number of hydrogen-bond acceptors (Lipinski definition) is 4. The van der Waals surface area contributed by atoms with Gasteiger partial charge in [0, 0.05) is 21.9 Å². The third-order valence-electron chi connectivity index (χ3n) is 3.81. The first-order chi connectivity index (χ1) is 13.5. The van der Waals surface area contributed by atoms with Gasteiger partial charge in [0.1, 0.15) is 9.88 Å². The molecule has 0 bridgehead atoms. The number of aromatic nitrogens is 1. The van der Waals surface area contributed by atoms with Gasteiger partial charge in [-0.05, 0) is 42.3 Å². The largest absolute Gasteiger partial charge is 0.416 e. The van der Waals surface area contributed by atoms with Gasteiger partial charge in [0.05, 0.1) is 16.8 Å². The number of nitrogens with zero attached hydrogens (tertiary/aromatic N) is 1. The van der Waals surface area contributed by atoms with Gasteiger partial charge >= 0.3 is 17.5 Å². The molecule has 0 spiro atoms. The van der Waals surface area contributed by atoms with Gasteiger partial charge in [0.15, 0.2) is 0 Å². The van der Waals surface area contributed by atoms with Gasteiger partial charge in [0.25, 0.3) is 7.11 Å². The normalized spacial score (nSPS) is 13.2. The molecule has 1 aromatic carbocycles. The molecule has 0 saturated carbocycles. The van der Waals surface area contributed by atoms with Gasteiger partial charge in [-0.15, -0.1) is 22.7 Å². The number of alkyl halides is 6. The van der Waals surface area contributed by atoms with E-state index in [1.807, 2.05) is 12.3 Å². The molecule has 0 saturated heterocycles. The Balaban J connectivity index is 2.02. The zero-order valence-electron chi connectivity index (χ0n) is 14.8. The smallest absolute Gasteiger partial charge is 0.250 e. The SMILES string of the molecule is C[O+]=C(SC)c1cc(-c2nc(-c3cc(C(F)(F)F)cc(C(F)(F)F)c3)cs2)cs1. The maximum absolute atomic E-state index is 13.1. The average molecular weight is 468 g/mol. The van der Waals surface area contributed by atoms with Crippen molar-refractivity contribution >= 4 is 39.6 Å². The van der Waals surface area contributed by atoms with Crippen molar-refractivity contribution in [3.8, 4) is 21.8 Å².